The highest BCUT2D eigenvalue weighted by Gasteiger charge is 2.43. The van der Waals surface area contributed by atoms with Crippen molar-refractivity contribution in [2.24, 2.45) is 0 Å². The number of halogens is 1. The lowest BCUT2D eigenvalue weighted by molar-refractivity contribution is -0.0889. The van der Waals surface area contributed by atoms with E-state index in [1.807, 2.05) is 25.1 Å². The predicted octanol–water partition coefficient (Wildman–Crippen LogP) is 3.18. The van der Waals surface area contributed by atoms with Gasteiger partial charge < -0.3 is 14.8 Å². The van der Waals surface area contributed by atoms with Crippen LogP contribution in [0, 0.1) is 6.92 Å². The quantitative estimate of drug-likeness (QED) is 0.870. The van der Waals surface area contributed by atoms with Gasteiger partial charge in [0.2, 0.25) is 0 Å². The first-order valence-corrected chi connectivity index (χ1v) is 7.22. The number of methoxy groups -OCH3 is 1. The Morgan fingerprint density at radius 1 is 1.42 bits per heavy atom. The summed E-state index contributed by atoms with van der Waals surface area (Å²) < 4.78 is 11.6. The Labute approximate surface area is 120 Å². The van der Waals surface area contributed by atoms with Gasteiger partial charge in [-0.15, -0.1) is 0 Å². The zero-order valence-electron chi connectivity index (χ0n) is 11.8. The molecule has 1 aromatic carbocycles. The molecular formula is C15H22ClNO2. The molecule has 106 valence electrons. The van der Waals surface area contributed by atoms with E-state index in [-0.39, 0.29) is 12.2 Å². The zero-order chi connectivity index (χ0) is 13.8. The molecule has 1 saturated carbocycles. The van der Waals surface area contributed by atoms with Crippen molar-refractivity contribution in [2.45, 2.75) is 44.9 Å². The molecule has 3 nitrogen and oxygen atoms in total. The standard InChI is InChI=1S/C15H22ClNO2/c1-4-7-17-12-9-14(15(12)18-3)19-13-8-11(16)6-5-10(13)2/h5-6,8,12,14-15,17H,4,7,9H2,1-3H3. The maximum Gasteiger partial charge on any atom is 0.128 e. The lowest BCUT2D eigenvalue weighted by atomic mass is 9.85. The Morgan fingerprint density at radius 3 is 2.89 bits per heavy atom. The van der Waals surface area contributed by atoms with Crippen molar-refractivity contribution in [1.82, 2.24) is 5.32 Å². The van der Waals surface area contributed by atoms with E-state index in [0.717, 1.165) is 30.7 Å². The molecule has 0 bridgehead atoms. The largest absolute Gasteiger partial charge is 0.487 e. The van der Waals surface area contributed by atoms with Crippen LogP contribution in [-0.2, 0) is 4.74 Å². The third-order valence-corrected chi connectivity index (χ3v) is 3.84. The highest BCUT2D eigenvalue weighted by molar-refractivity contribution is 6.30. The second-order valence-corrected chi connectivity index (χ2v) is 5.50. The number of hydrogen-bond acceptors (Lipinski definition) is 3. The summed E-state index contributed by atoms with van der Waals surface area (Å²) in [6.45, 7) is 5.21. The molecule has 1 fully saturated rings. The normalized spacial score (nSPS) is 26.0. The van der Waals surface area contributed by atoms with Crippen molar-refractivity contribution < 1.29 is 9.47 Å². The molecule has 0 spiro atoms. The Kier molecular flexibility index (Phi) is 5.08. The van der Waals surface area contributed by atoms with Gasteiger partial charge in [0.1, 0.15) is 18.0 Å². The molecule has 0 radical (unpaired) electrons. The monoisotopic (exact) mass is 283 g/mol. The van der Waals surface area contributed by atoms with Crippen LogP contribution in [0.4, 0.5) is 0 Å². The minimum atomic E-state index is 0.108. The molecule has 1 aromatic rings. The van der Waals surface area contributed by atoms with Gasteiger partial charge in [-0.1, -0.05) is 24.6 Å². The van der Waals surface area contributed by atoms with Crippen molar-refractivity contribution in [2.75, 3.05) is 13.7 Å². The van der Waals surface area contributed by atoms with E-state index in [9.17, 15) is 0 Å². The number of aryl methyl sites for hydroxylation is 1. The molecule has 0 saturated heterocycles. The van der Waals surface area contributed by atoms with E-state index in [1.54, 1.807) is 7.11 Å². The third kappa shape index (κ3) is 3.41. The van der Waals surface area contributed by atoms with Gasteiger partial charge in [0.05, 0.1) is 0 Å². The molecule has 4 heteroatoms. The molecule has 2 rings (SSSR count). The second-order valence-electron chi connectivity index (χ2n) is 5.06. The Morgan fingerprint density at radius 2 is 2.21 bits per heavy atom. The molecule has 0 aromatic heterocycles. The molecule has 0 heterocycles. The van der Waals surface area contributed by atoms with Gasteiger partial charge in [-0.3, -0.25) is 0 Å². The Hall–Kier alpha value is -0.770. The smallest absolute Gasteiger partial charge is 0.128 e. The first-order valence-electron chi connectivity index (χ1n) is 6.84. The van der Waals surface area contributed by atoms with Crippen LogP contribution >= 0.6 is 11.6 Å². The average Bonchev–Trinajstić information content (AvgIpc) is 2.37. The van der Waals surface area contributed by atoms with Gasteiger partial charge in [-0.2, -0.15) is 0 Å². The minimum absolute atomic E-state index is 0.108. The summed E-state index contributed by atoms with van der Waals surface area (Å²) in [5, 5.41) is 4.18. The summed E-state index contributed by atoms with van der Waals surface area (Å²) in [6.07, 6.45) is 2.33. The Balaban J connectivity index is 1.95. The SMILES string of the molecule is CCCNC1CC(Oc2cc(Cl)ccc2C)C1OC. The number of hydrogen-bond donors (Lipinski definition) is 1. The third-order valence-electron chi connectivity index (χ3n) is 3.61. The molecule has 1 N–H and O–H groups in total. The van der Waals surface area contributed by atoms with E-state index < -0.39 is 0 Å². The second kappa shape index (κ2) is 6.60. The first kappa shape index (κ1) is 14.6. The zero-order valence-corrected chi connectivity index (χ0v) is 12.5. The fraction of sp³-hybridized carbons (Fsp3) is 0.600. The number of ether oxygens (including phenoxy) is 2. The van der Waals surface area contributed by atoms with Gasteiger partial charge in [0.25, 0.3) is 0 Å². The topological polar surface area (TPSA) is 30.5 Å². The van der Waals surface area contributed by atoms with Crippen LogP contribution in [0.1, 0.15) is 25.3 Å². The summed E-state index contributed by atoms with van der Waals surface area (Å²) in [5.74, 6) is 0.855. The van der Waals surface area contributed by atoms with Crippen LogP contribution in [0.15, 0.2) is 18.2 Å². The van der Waals surface area contributed by atoms with Gasteiger partial charge in [-0.05, 0) is 37.6 Å². The molecule has 1 aliphatic carbocycles. The van der Waals surface area contributed by atoms with E-state index in [4.69, 9.17) is 21.1 Å². The van der Waals surface area contributed by atoms with Crippen molar-refractivity contribution in [3.8, 4) is 5.75 Å². The number of rotatable bonds is 6. The first-order chi connectivity index (χ1) is 9.15. The van der Waals surface area contributed by atoms with E-state index in [0.29, 0.717) is 11.1 Å². The fourth-order valence-electron chi connectivity index (χ4n) is 2.41. The van der Waals surface area contributed by atoms with Crippen molar-refractivity contribution in [1.29, 1.82) is 0 Å². The van der Waals surface area contributed by atoms with Crippen LogP contribution < -0.4 is 10.1 Å². The van der Waals surface area contributed by atoms with E-state index in [2.05, 4.69) is 12.2 Å². The Bertz CT molecular complexity index is 425. The maximum atomic E-state index is 6.03. The predicted molar refractivity (Wildman–Crippen MR) is 78.1 cm³/mol. The van der Waals surface area contributed by atoms with E-state index in [1.165, 1.54) is 0 Å². The lowest BCUT2D eigenvalue weighted by Gasteiger charge is -2.43. The summed E-state index contributed by atoms with van der Waals surface area (Å²) in [7, 11) is 1.74. The van der Waals surface area contributed by atoms with Gasteiger partial charge >= 0.3 is 0 Å². The van der Waals surface area contributed by atoms with Crippen molar-refractivity contribution in [3.63, 3.8) is 0 Å². The summed E-state index contributed by atoms with van der Waals surface area (Å²) >= 11 is 6.01. The molecule has 0 aliphatic heterocycles. The summed E-state index contributed by atoms with van der Waals surface area (Å²) in [4.78, 5) is 0. The van der Waals surface area contributed by atoms with Crippen molar-refractivity contribution in [3.05, 3.63) is 28.8 Å². The molecule has 3 atom stereocenters. The van der Waals surface area contributed by atoms with E-state index >= 15 is 0 Å². The van der Waals surface area contributed by atoms with Crippen LogP contribution in [0.2, 0.25) is 5.02 Å². The molecular weight excluding hydrogens is 262 g/mol. The fourth-order valence-corrected chi connectivity index (χ4v) is 2.57. The molecule has 1 aliphatic rings. The maximum absolute atomic E-state index is 6.03. The van der Waals surface area contributed by atoms with Crippen LogP contribution in [0.25, 0.3) is 0 Å². The van der Waals surface area contributed by atoms with Crippen molar-refractivity contribution >= 4 is 11.6 Å². The highest BCUT2D eigenvalue weighted by Crippen LogP contribution is 2.31. The number of benzene rings is 1. The molecule has 3 unspecified atom stereocenters. The average molecular weight is 284 g/mol. The molecule has 19 heavy (non-hydrogen) atoms. The van der Waals surface area contributed by atoms with Gasteiger partial charge in [0, 0.05) is 24.6 Å². The van der Waals surface area contributed by atoms with Crippen LogP contribution in [0.5, 0.6) is 5.75 Å². The number of nitrogens with one attached hydrogen (secondary N) is 1. The lowest BCUT2D eigenvalue weighted by Crippen LogP contribution is -2.61. The summed E-state index contributed by atoms with van der Waals surface area (Å²) in [5.41, 5.74) is 1.10. The minimum Gasteiger partial charge on any atom is -0.487 e. The highest BCUT2D eigenvalue weighted by atomic mass is 35.5. The van der Waals surface area contributed by atoms with Gasteiger partial charge in [0.15, 0.2) is 0 Å². The molecule has 0 amide bonds. The van der Waals surface area contributed by atoms with Crippen LogP contribution in [0.3, 0.4) is 0 Å². The summed E-state index contributed by atoms with van der Waals surface area (Å²) in [6, 6.07) is 6.13. The van der Waals surface area contributed by atoms with Gasteiger partial charge in [-0.25, -0.2) is 0 Å². The van der Waals surface area contributed by atoms with Crippen LogP contribution in [-0.4, -0.2) is 31.9 Å².